The molecule has 1 aliphatic carbocycles. The number of nitrogens with zero attached hydrogens (tertiary/aromatic N) is 7. The highest BCUT2D eigenvalue weighted by Gasteiger charge is 2.55. The second-order valence-corrected chi connectivity index (χ2v) is 17.2. The Kier molecular flexibility index (Phi) is 8.42. The van der Waals surface area contributed by atoms with Gasteiger partial charge >= 0.3 is 13.6 Å². The smallest absolute Gasteiger partial charge is 0.382 e. The monoisotopic (exact) mass is 734 g/mol. The molecule has 254 valence electrons. The molecular formula is C23H29FN10O9P2S2. The molecule has 9 atom stereocenters. The number of imidazole rings is 2. The number of fused-ring (bicyclic) bond motifs is 4. The Morgan fingerprint density at radius 1 is 1.09 bits per heavy atom. The van der Waals surface area contributed by atoms with Gasteiger partial charge in [0.05, 0.1) is 31.5 Å². The third-order valence-electron chi connectivity index (χ3n) is 8.41. The second-order valence-electron chi connectivity index (χ2n) is 11.3. The fourth-order valence-electron chi connectivity index (χ4n) is 6.24. The lowest BCUT2D eigenvalue weighted by Gasteiger charge is -2.32. The van der Waals surface area contributed by atoms with Crippen LogP contribution in [0.1, 0.15) is 31.7 Å². The predicted octanol–water partition coefficient (Wildman–Crippen LogP) is 2.57. The minimum atomic E-state index is -4.34. The molecule has 19 nitrogen and oxygen atoms in total. The first-order valence-corrected chi connectivity index (χ1v) is 19.5. The van der Waals surface area contributed by atoms with Gasteiger partial charge in [-0.1, -0.05) is 24.5 Å². The molecule has 6 heterocycles. The molecule has 2 saturated heterocycles. The Hall–Kier alpha value is -2.65. The number of aromatic amines is 1. The van der Waals surface area contributed by atoms with E-state index in [1.807, 2.05) is 0 Å². The van der Waals surface area contributed by atoms with Crippen LogP contribution in [0.25, 0.3) is 22.3 Å². The summed E-state index contributed by atoms with van der Waals surface area (Å²) < 4.78 is 78.4. The van der Waals surface area contributed by atoms with E-state index in [1.54, 1.807) is 10.9 Å². The van der Waals surface area contributed by atoms with Crippen LogP contribution < -0.4 is 17.0 Å². The first-order valence-electron chi connectivity index (χ1n) is 14.1. The average Bonchev–Trinajstić information content (AvgIpc) is 3.85. The summed E-state index contributed by atoms with van der Waals surface area (Å²) in [5, 5.41) is 0. The number of nitrogens with two attached hydrogens (primary N) is 2. The number of hydrogen-bond donors (Lipinski definition) is 5. The number of anilines is 2. The maximum Gasteiger partial charge on any atom is 0.386 e. The highest BCUT2D eigenvalue weighted by atomic mass is 32.7. The topological polar surface area (TPSA) is 249 Å². The van der Waals surface area contributed by atoms with Crippen molar-refractivity contribution in [3.8, 4) is 0 Å². The summed E-state index contributed by atoms with van der Waals surface area (Å²) in [4.78, 5) is 35.4. The fraction of sp³-hybridized carbons (Fsp3) is 0.565. The van der Waals surface area contributed by atoms with Crippen molar-refractivity contribution in [2.24, 2.45) is 5.92 Å². The molecule has 2 unspecified atom stereocenters. The van der Waals surface area contributed by atoms with Gasteiger partial charge in [-0.2, -0.15) is 4.98 Å². The number of nitrogens with one attached hydrogen (secondary N) is 1. The van der Waals surface area contributed by atoms with Crippen LogP contribution in [0.2, 0.25) is 0 Å². The van der Waals surface area contributed by atoms with Crippen molar-refractivity contribution in [2.75, 3.05) is 31.8 Å². The van der Waals surface area contributed by atoms with Crippen molar-refractivity contribution < 1.29 is 41.1 Å². The molecule has 0 spiro atoms. The maximum absolute atomic E-state index is 16.0. The van der Waals surface area contributed by atoms with Crippen LogP contribution in [0.4, 0.5) is 16.2 Å². The van der Waals surface area contributed by atoms with Crippen molar-refractivity contribution in [3.63, 3.8) is 0 Å². The molecule has 2 aliphatic heterocycles. The molecular weight excluding hydrogens is 705 g/mol. The number of rotatable bonds is 11. The molecule has 5 N–H and O–H groups in total. The molecule has 0 radical (unpaired) electrons. The summed E-state index contributed by atoms with van der Waals surface area (Å²) in [6, 6.07) is 0. The maximum atomic E-state index is 16.0. The van der Waals surface area contributed by atoms with Crippen molar-refractivity contribution >= 4 is 72.2 Å². The lowest BCUT2D eigenvalue weighted by molar-refractivity contribution is -0.121. The van der Waals surface area contributed by atoms with E-state index in [2.05, 4.69) is 54.4 Å². The number of hydrogen-bond acceptors (Lipinski definition) is 16. The largest absolute Gasteiger partial charge is 0.386 e. The molecule has 1 saturated carbocycles. The molecule has 0 aromatic carbocycles. The van der Waals surface area contributed by atoms with Gasteiger partial charge in [0.1, 0.15) is 30.3 Å². The molecule has 0 amide bonds. The average molecular weight is 735 g/mol. The second kappa shape index (κ2) is 12.0. The predicted molar refractivity (Wildman–Crippen MR) is 168 cm³/mol. The van der Waals surface area contributed by atoms with Gasteiger partial charge in [-0.15, -0.1) is 0 Å². The normalized spacial score (nSPS) is 31.5. The van der Waals surface area contributed by atoms with Gasteiger partial charge in [-0.05, 0) is 19.3 Å². The molecule has 7 rings (SSSR count). The molecule has 3 aliphatic rings. The number of alkyl halides is 1. The van der Waals surface area contributed by atoms with Crippen molar-refractivity contribution in [3.05, 3.63) is 29.3 Å². The lowest BCUT2D eigenvalue weighted by atomic mass is 10.0. The Bertz CT molecular complexity index is 2000. The Morgan fingerprint density at radius 2 is 1.83 bits per heavy atom. The standard InChI is InChI=1S/C23H29FN10O9P2S2/c1-38-44(36,46)39-5-11-12(24)15(21(41-11)34-9-30-14-18(34)31-22(26)32-19(14)35)43-45(37,47)40-6-23-3-2-10(4-23)20(42-23)33-8-29-13-16(25)27-7-28-17(13)33/h7-12,15,20-21H,2-6H2,1H3,(H,36,46)(H,37,47)(H2,25,27,28)(H3,26,31,32,35)/t10-,11-,12+,15-,20-,21-,23+,44?,45?/m1/s1. The first-order chi connectivity index (χ1) is 22.3. The third kappa shape index (κ3) is 6.09. The number of halogens is 1. The van der Waals surface area contributed by atoms with E-state index < -0.39 is 62.2 Å². The van der Waals surface area contributed by atoms with Gasteiger partial charge in [0.25, 0.3) is 5.56 Å². The number of ether oxygens (including phenoxy) is 2. The Morgan fingerprint density at radius 3 is 2.60 bits per heavy atom. The van der Waals surface area contributed by atoms with Crippen LogP contribution in [-0.4, -0.2) is 83.3 Å². The van der Waals surface area contributed by atoms with E-state index in [9.17, 15) is 13.9 Å². The number of H-pyrrole nitrogens is 1. The summed E-state index contributed by atoms with van der Waals surface area (Å²) in [5.74, 6) is 0.0770. The van der Waals surface area contributed by atoms with E-state index in [0.29, 0.717) is 24.0 Å². The van der Waals surface area contributed by atoms with E-state index in [4.69, 9.17) is 39.0 Å². The van der Waals surface area contributed by atoms with E-state index in [1.165, 1.54) is 10.9 Å². The molecule has 4 aromatic rings. The third-order valence-corrected chi connectivity index (χ3v) is 11.8. The van der Waals surface area contributed by atoms with Crippen LogP contribution >= 0.6 is 38.1 Å². The molecule has 3 fully saturated rings. The zero-order chi connectivity index (χ0) is 33.3. The van der Waals surface area contributed by atoms with Crippen LogP contribution in [-0.2, 0) is 36.7 Å². The van der Waals surface area contributed by atoms with Gasteiger partial charge < -0.3 is 25.5 Å². The van der Waals surface area contributed by atoms with E-state index in [-0.39, 0.29) is 35.5 Å². The number of thiol groups is 2. The van der Waals surface area contributed by atoms with E-state index >= 15 is 4.39 Å². The van der Waals surface area contributed by atoms with Gasteiger partial charge in [-0.25, -0.2) is 33.5 Å². The molecule has 2 bridgehead atoms. The quantitative estimate of drug-likeness (QED) is 0.110. The van der Waals surface area contributed by atoms with Crippen molar-refractivity contribution in [2.45, 2.75) is 55.7 Å². The highest BCUT2D eigenvalue weighted by molar-refractivity contribution is 8.44. The molecule has 47 heavy (non-hydrogen) atoms. The summed E-state index contributed by atoms with van der Waals surface area (Å²) in [6.45, 7) is -8.95. The highest BCUT2D eigenvalue weighted by Crippen LogP contribution is 2.60. The SMILES string of the molecule is COP(=O)(S)OC[C@H]1O[C@@H](n2cnc3c(=O)[nH]c(N)nc32)[C@H](OP(=O)(S)OC[C@]23CC[C@H](C2)[C@H](n2cnc4c(N)ncnc42)O3)[C@H]1F. The minimum Gasteiger partial charge on any atom is -0.382 e. The number of aromatic nitrogens is 8. The van der Waals surface area contributed by atoms with Crippen molar-refractivity contribution in [1.29, 1.82) is 0 Å². The van der Waals surface area contributed by atoms with E-state index in [0.717, 1.165) is 19.9 Å². The van der Waals surface area contributed by atoms with Crippen LogP contribution in [0, 0.1) is 5.92 Å². The zero-order valence-electron chi connectivity index (χ0n) is 24.4. The Balaban J connectivity index is 1.10. The van der Waals surface area contributed by atoms with Crippen LogP contribution in [0.15, 0.2) is 23.8 Å². The zero-order valence-corrected chi connectivity index (χ0v) is 27.9. The fourth-order valence-corrected chi connectivity index (χ4v) is 8.37. The summed E-state index contributed by atoms with van der Waals surface area (Å²) in [7, 11) is 1.11. The van der Waals surface area contributed by atoms with Gasteiger partial charge in [0.2, 0.25) is 5.95 Å². The number of nitrogen functional groups attached to an aromatic ring is 2. The van der Waals surface area contributed by atoms with Gasteiger partial charge in [-0.3, -0.25) is 32.5 Å². The summed E-state index contributed by atoms with van der Waals surface area (Å²) in [6.07, 6.45) is -0.978. The summed E-state index contributed by atoms with van der Waals surface area (Å²) in [5.41, 5.74) is 10.9. The molecule has 24 heteroatoms. The minimum absolute atomic E-state index is 0.0642. The van der Waals surface area contributed by atoms with Crippen LogP contribution in [0.5, 0.6) is 0 Å². The van der Waals surface area contributed by atoms with Crippen LogP contribution in [0.3, 0.4) is 0 Å². The molecule has 4 aromatic heterocycles. The Labute approximate surface area is 274 Å². The van der Waals surface area contributed by atoms with Crippen molar-refractivity contribution in [1.82, 2.24) is 39.0 Å². The first kappa shape index (κ1) is 32.9. The lowest BCUT2D eigenvalue weighted by Crippen LogP contribution is -2.35. The van der Waals surface area contributed by atoms with Gasteiger partial charge in [0.15, 0.2) is 35.0 Å². The summed E-state index contributed by atoms with van der Waals surface area (Å²) >= 11 is 7.95. The van der Waals surface area contributed by atoms with Gasteiger partial charge in [0, 0.05) is 13.0 Å².